The summed E-state index contributed by atoms with van der Waals surface area (Å²) < 4.78 is 7.86. The maximum atomic E-state index is 12.9. The van der Waals surface area contributed by atoms with Crippen LogP contribution in [0.5, 0.6) is 0 Å². The summed E-state index contributed by atoms with van der Waals surface area (Å²) in [6.45, 7) is 8.01. The van der Waals surface area contributed by atoms with E-state index in [0.29, 0.717) is 43.2 Å². The molecule has 3 heterocycles. The zero-order chi connectivity index (χ0) is 28.5. The number of hydrogen-bond acceptors (Lipinski definition) is 6. The summed E-state index contributed by atoms with van der Waals surface area (Å²) in [5.41, 5.74) is 3.97. The van der Waals surface area contributed by atoms with Gasteiger partial charge < -0.3 is 15.0 Å². The molecule has 0 spiro atoms. The molecule has 41 heavy (non-hydrogen) atoms. The van der Waals surface area contributed by atoms with Crippen LogP contribution in [0.3, 0.4) is 0 Å². The van der Waals surface area contributed by atoms with Crippen molar-refractivity contribution >= 4 is 28.8 Å². The van der Waals surface area contributed by atoms with Gasteiger partial charge in [0.15, 0.2) is 0 Å². The molecule has 2 saturated carbocycles. The average Bonchev–Trinajstić information content (AvgIpc) is 3.66. The van der Waals surface area contributed by atoms with Crippen LogP contribution >= 0.6 is 0 Å². The van der Waals surface area contributed by atoms with E-state index in [0.717, 1.165) is 36.9 Å². The number of hydrogen-bond donors (Lipinski definition) is 1. The molecule has 2 aromatic carbocycles. The van der Waals surface area contributed by atoms with E-state index in [1.807, 2.05) is 25.7 Å². The van der Waals surface area contributed by atoms with Gasteiger partial charge in [-0.2, -0.15) is 5.10 Å². The molecular formula is C32H37N5O4. The first kappa shape index (κ1) is 26.2. The maximum absolute atomic E-state index is 12.9. The fourth-order valence-corrected chi connectivity index (χ4v) is 6.62. The lowest BCUT2D eigenvalue weighted by atomic mass is 9.80. The van der Waals surface area contributed by atoms with Gasteiger partial charge in [-0.1, -0.05) is 24.3 Å². The summed E-state index contributed by atoms with van der Waals surface area (Å²) in [6, 6.07) is 13.7. The number of carbonyl (C=O) groups is 3. The lowest BCUT2D eigenvalue weighted by Gasteiger charge is -2.37. The fraction of sp³-hybridized carbons (Fsp3) is 0.500. The molecule has 4 aliphatic rings. The Balaban J connectivity index is 1.10. The zero-order valence-corrected chi connectivity index (χ0v) is 23.9. The molecule has 7 rings (SSSR count). The molecule has 1 N–H and O–H groups in total. The van der Waals surface area contributed by atoms with Crippen molar-refractivity contribution in [3.8, 4) is 0 Å². The van der Waals surface area contributed by atoms with Gasteiger partial charge in [-0.05, 0) is 76.1 Å². The first-order chi connectivity index (χ1) is 19.7. The molecule has 9 nitrogen and oxygen atoms in total. The van der Waals surface area contributed by atoms with Crippen molar-refractivity contribution in [2.24, 2.45) is 5.92 Å². The topological polar surface area (TPSA) is 96.8 Å². The Morgan fingerprint density at radius 2 is 1.73 bits per heavy atom. The number of rotatable bonds is 5. The summed E-state index contributed by atoms with van der Waals surface area (Å²) >= 11 is 0. The van der Waals surface area contributed by atoms with Crippen molar-refractivity contribution in [3.05, 3.63) is 64.8 Å². The summed E-state index contributed by atoms with van der Waals surface area (Å²) in [7, 11) is 0. The smallest absolute Gasteiger partial charge is 0.410 e. The highest BCUT2D eigenvalue weighted by Gasteiger charge is 2.42. The lowest BCUT2D eigenvalue weighted by molar-refractivity contribution is 0.0195. The number of aromatic nitrogens is 2. The highest BCUT2D eigenvalue weighted by molar-refractivity contribution is 6.21. The summed E-state index contributed by atoms with van der Waals surface area (Å²) in [5, 5.41) is 10.0. The molecule has 0 bridgehead atoms. The van der Waals surface area contributed by atoms with Crippen LogP contribution in [0, 0.1) is 5.92 Å². The third-order valence-electron chi connectivity index (χ3n) is 8.84. The van der Waals surface area contributed by atoms with Crippen LogP contribution in [0.2, 0.25) is 0 Å². The second kappa shape index (κ2) is 9.69. The fourth-order valence-electron chi connectivity index (χ4n) is 6.62. The van der Waals surface area contributed by atoms with Gasteiger partial charge in [0.2, 0.25) is 0 Å². The number of nitrogens with zero attached hydrogens (tertiary/aromatic N) is 4. The van der Waals surface area contributed by atoms with Crippen molar-refractivity contribution in [2.45, 2.75) is 70.1 Å². The SMILES string of the molecule is CC(C)(C)OC(=O)N1CCNC(c2cccc3c2c(C2CC2)nn3C2CC(CN3C(=O)c4ccccc4C3=O)C2)C1. The molecule has 1 atom stereocenters. The average molecular weight is 556 g/mol. The molecule has 3 aromatic rings. The Labute approximate surface area is 239 Å². The normalized spacial score (nSPS) is 24.5. The van der Waals surface area contributed by atoms with Gasteiger partial charge in [0.05, 0.1) is 34.4 Å². The number of carbonyl (C=O) groups excluding carboxylic acids is 3. The van der Waals surface area contributed by atoms with E-state index in [-0.39, 0.29) is 35.9 Å². The third-order valence-corrected chi connectivity index (χ3v) is 8.84. The molecule has 2 aliphatic carbocycles. The van der Waals surface area contributed by atoms with Crippen LogP contribution in [-0.4, -0.2) is 69.3 Å². The number of fused-ring (bicyclic) bond motifs is 2. The molecule has 2 aliphatic heterocycles. The highest BCUT2D eigenvalue weighted by Crippen LogP contribution is 2.47. The van der Waals surface area contributed by atoms with Gasteiger partial charge in [-0.3, -0.25) is 19.2 Å². The largest absolute Gasteiger partial charge is 0.444 e. The Bertz CT molecular complexity index is 1510. The van der Waals surface area contributed by atoms with Gasteiger partial charge in [-0.25, -0.2) is 4.79 Å². The van der Waals surface area contributed by atoms with Crippen LogP contribution < -0.4 is 5.32 Å². The molecule has 214 valence electrons. The molecule has 1 saturated heterocycles. The first-order valence-electron chi connectivity index (χ1n) is 14.9. The van der Waals surface area contributed by atoms with Gasteiger partial charge in [0.25, 0.3) is 11.8 Å². The lowest BCUT2D eigenvalue weighted by Crippen LogP contribution is -2.49. The van der Waals surface area contributed by atoms with Crippen LogP contribution in [0.4, 0.5) is 4.79 Å². The molecule has 0 radical (unpaired) electrons. The van der Waals surface area contributed by atoms with Crippen molar-refractivity contribution in [3.63, 3.8) is 0 Å². The second-order valence-corrected chi connectivity index (χ2v) is 13.0. The van der Waals surface area contributed by atoms with Crippen molar-refractivity contribution < 1.29 is 19.1 Å². The Morgan fingerprint density at radius 3 is 2.39 bits per heavy atom. The van der Waals surface area contributed by atoms with Crippen LogP contribution in [0.25, 0.3) is 10.9 Å². The highest BCUT2D eigenvalue weighted by atomic mass is 16.6. The predicted molar refractivity (Wildman–Crippen MR) is 154 cm³/mol. The van der Waals surface area contributed by atoms with Crippen LogP contribution in [0.1, 0.15) is 96.4 Å². The van der Waals surface area contributed by atoms with Crippen LogP contribution in [-0.2, 0) is 4.74 Å². The van der Waals surface area contributed by atoms with E-state index in [1.165, 1.54) is 15.8 Å². The Hall–Kier alpha value is -3.72. The summed E-state index contributed by atoms with van der Waals surface area (Å²) in [4.78, 5) is 41.8. The Kier molecular flexibility index (Phi) is 6.19. The first-order valence-corrected chi connectivity index (χ1v) is 14.9. The number of ether oxygens (including phenoxy) is 1. The van der Waals surface area contributed by atoms with E-state index in [2.05, 4.69) is 28.2 Å². The number of nitrogens with one attached hydrogen (secondary N) is 1. The maximum Gasteiger partial charge on any atom is 0.410 e. The Morgan fingerprint density at radius 1 is 1.02 bits per heavy atom. The summed E-state index contributed by atoms with van der Waals surface area (Å²) in [5.74, 6) is 0.371. The molecule has 9 heteroatoms. The predicted octanol–water partition coefficient (Wildman–Crippen LogP) is 5.04. The van der Waals surface area contributed by atoms with Crippen LogP contribution in [0.15, 0.2) is 42.5 Å². The minimum Gasteiger partial charge on any atom is -0.444 e. The third kappa shape index (κ3) is 4.70. The minimum atomic E-state index is -0.530. The molecule has 1 aromatic heterocycles. The van der Waals surface area contributed by atoms with E-state index in [1.54, 1.807) is 24.3 Å². The number of piperazine rings is 1. The van der Waals surface area contributed by atoms with Crippen molar-refractivity contribution in [1.29, 1.82) is 0 Å². The van der Waals surface area contributed by atoms with Gasteiger partial charge in [-0.15, -0.1) is 0 Å². The van der Waals surface area contributed by atoms with Gasteiger partial charge in [0, 0.05) is 37.5 Å². The molecular weight excluding hydrogens is 518 g/mol. The van der Waals surface area contributed by atoms with E-state index in [4.69, 9.17) is 9.84 Å². The second-order valence-electron chi connectivity index (χ2n) is 13.0. The van der Waals surface area contributed by atoms with E-state index >= 15 is 0 Å². The zero-order valence-electron chi connectivity index (χ0n) is 23.9. The standard InChI is InChI=1S/C32H37N5O4/c1-32(2,3)41-31(40)35-14-13-33-25(18-35)24-9-6-10-26-27(24)28(20-11-12-20)34-37(26)21-15-19(16-21)17-36-29(38)22-7-4-5-8-23(22)30(36)39/h4-10,19-21,25,33H,11-18H2,1-3H3. The van der Waals surface area contributed by atoms with Crippen molar-refractivity contribution in [1.82, 2.24) is 24.9 Å². The number of benzene rings is 2. The quantitative estimate of drug-likeness (QED) is 0.443. The van der Waals surface area contributed by atoms with E-state index in [9.17, 15) is 14.4 Å². The van der Waals surface area contributed by atoms with E-state index < -0.39 is 5.60 Å². The molecule has 3 fully saturated rings. The van der Waals surface area contributed by atoms with Gasteiger partial charge >= 0.3 is 6.09 Å². The molecule has 1 unspecified atom stereocenters. The monoisotopic (exact) mass is 555 g/mol. The minimum absolute atomic E-state index is 0.00178. The number of imide groups is 1. The van der Waals surface area contributed by atoms with Crippen molar-refractivity contribution in [2.75, 3.05) is 26.2 Å². The van der Waals surface area contributed by atoms with Gasteiger partial charge in [0.1, 0.15) is 5.60 Å². The summed E-state index contributed by atoms with van der Waals surface area (Å²) in [6.07, 6.45) is 3.79. The number of amides is 3. The molecule has 3 amide bonds.